The van der Waals surface area contributed by atoms with Crippen LogP contribution in [0.4, 0.5) is 0 Å². The number of carboxylic acid groups (broad SMARTS) is 1. The van der Waals surface area contributed by atoms with Crippen molar-refractivity contribution in [2.24, 2.45) is 7.05 Å². The molecule has 0 unspecified atom stereocenters. The minimum absolute atomic E-state index is 0.256. The van der Waals surface area contributed by atoms with Crippen LogP contribution in [-0.4, -0.2) is 36.9 Å². The van der Waals surface area contributed by atoms with Gasteiger partial charge in [-0.1, -0.05) is 18.2 Å². The van der Waals surface area contributed by atoms with E-state index in [1.807, 2.05) is 32.2 Å². The van der Waals surface area contributed by atoms with Crippen LogP contribution >= 0.6 is 0 Å². The summed E-state index contributed by atoms with van der Waals surface area (Å²) in [4.78, 5) is 30.3. The molecule has 1 atom stereocenters. The van der Waals surface area contributed by atoms with Crippen molar-refractivity contribution in [3.63, 3.8) is 0 Å². The lowest BCUT2D eigenvalue weighted by molar-refractivity contribution is -0.137. The summed E-state index contributed by atoms with van der Waals surface area (Å²) >= 11 is 0. The summed E-state index contributed by atoms with van der Waals surface area (Å²) in [7, 11) is 3.54. The Kier molecular flexibility index (Phi) is 6.11. The molecular formula is C29H30N4O4. The number of methoxy groups -OCH3 is 1. The third kappa shape index (κ3) is 4.28. The Morgan fingerprint density at radius 1 is 1.03 bits per heavy atom. The van der Waals surface area contributed by atoms with E-state index in [4.69, 9.17) is 4.74 Å². The lowest BCUT2D eigenvalue weighted by Gasteiger charge is -2.17. The van der Waals surface area contributed by atoms with Crippen molar-refractivity contribution in [2.75, 3.05) is 7.11 Å². The van der Waals surface area contributed by atoms with Crippen molar-refractivity contribution in [1.29, 1.82) is 0 Å². The molecular weight excluding hydrogens is 468 g/mol. The van der Waals surface area contributed by atoms with E-state index in [0.717, 1.165) is 33.1 Å². The summed E-state index contributed by atoms with van der Waals surface area (Å²) in [6.07, 6.45) is 3.39. The number of nitrogens with zero attached hydrogens (tertiary/aromatic N) is 4. The van der Waals surface area contributed by atoms with Crippen molar-refractivity contribution in [3.05, 3.63) is 93.2 Å². The smallest absolute Gasteiger partial charge is 0.330 e. The van der Waals surface area contributed by atoms with Crippen LogP contribution in [0.3, 0.4) is 0 Å². The van der Waals surface area contributed by atoms with Crippen LogP contribution in [0.15, 0.2) is 59.7 Å². The molecule has 8 nitrogen and oxygen atoms in total. The highest BCUT2D eigenvalue weighted by Gasteiger charge is 2.25. The van der Waals surface area contributed by atoms with Crippen molar-refractivity contribution in [2.45, 2.75) is 39.8 Å². The number of rotatable bonds is 7. The average molecular weight is 499 g/mol. The maximum atomic E-state index is 14.1. The van der Waals surface area contributed by atoms with Gasteiger partial charge in [-0.05, 0) is 66.8 Å². The monoisotopic (exact) mass is 498 g/mol. The Labute approximate surface area is 214 Å². The fraction of sp³-hybridized carbons (Fsp3) is 0.276. The summed E-state index contributed by atoms with van der Waals surface area (Å²) < 4.78 is 10.6. The van der Waals surface area contributed by atoms with Gasteiger partial charge in [0.25, 0.3) is 0 Å². The quantitative estimate of drug-likeness (QED) is 0.350. The first kappa shape index (κ1) is 24.4. The van der Waals surface area contributed by atoms with E-state index >= 15 is 0 Å². The van der Waals surface area contributed by atoms with Crippen molar-refractivity contribution < 1.29 is 14.6 Å². The third-order valence-electron chi connectivity index (χ3n) is 6.99. The zero-order chi connectivity index (χ0) is 26.4. The fourth-order valence-electron chi connectivity index (χ4n) is 5.38. The number of aryl methyl sites for hydroxylation is 4. The van der Waals surface area contributed by atoms with Gasteiger partial charge >= 0.3 is 11.7 Å². The van der Waals surface area contributed by atoms with E-state index in [-0.39, 0.29) is 12.1 Å². The number of hydrogen-bond donors (Lipinski definition) is 1. The Balaban J connectivity index is 1.73. The molecule has 37 heavy (non-hydrogen) atoms. The van der Waals surface area contributed by atoms with Crippen LogP contribution in [0.1, 0.15) is 40.3 Å². The van der Waals surface area contributed by atoms with Gasteiger partial charge in [-0.15, -0.1) is 0 Å². The van der Waals surface area contributed by atoms with Gasteiger partial charge in [0.1, 0.15) is 0 Å². The zero-order valence-electron chi connectivity index (χ0n) is 21.6. The summed E-state index contributed by atoms with van der Waals surface area (Å²) in [6.45, 7) is 6.50. The van der Waals surface area contributed by atoms with Gasteiger partial charge in [-0.3, -0.25) is 13.9 Å². The molecule has 2 aromatic carbocycles. The molecule has 0 fully saturated rings. The predicted octanol–water partition coefficient (Wildman–Crippen LogP) is 4.74. The molecule has 0 radical (unpaired) electrons. The molecule has 0 saturated carbocycles. The average Bonchev–Trinajstić information content (AvgIpc) is 3.30. The van der Waals surface area contributed by atoms with Gasteiger partial charge in [0.2, 0.25) is 5.88 Å². The molecule has 0 amide bonds. The van der Waals surface area contributed by atoms with E-state index in [9.17, 15) is 14.7 Å². The van der Waals surface area contributed by atoms with E-state index < -0.39 is 12.0 Å². The molecule has 5 rings (SSSR count). The first-order valence-electron chi connectivity index (χ1n) is 12.2. The van der Waals surface area contributed by atoms with Crippen molar-refractivity contribution >= 4 is 27.9 Å². The maximum absolute atomic E-state index is 14.1. The summed E-state index contributed by atoms with van der Waals surface area (Å²) in [5, 5.41) is 10.9. The van der Waals surface area contributed by atoms with Gasteiger partial charge in [0.15, 0.2) is 0 Å². The second-order valence-electron chi connectivity index (χ2n) is 9.72. The molecule has 0 saturated heterocycles. The van der Waals surface area contributed by atoms with Crippen LogP contribution in [-0.2, 0) is 18.4 Å². The molecule has 1 N–H and O–H groups in total. The van der Waals surface area contributed by atoms with Crippen molar-refractivity contribution in [3.8, 4) is 5.88 Å². The van der Waals surface area contributed by atoms with Gasteiger partial charge in [-0.25, -0.2) is 9.78 Å². The molecule has 5 aromatic rings. The standard InChI is InChI=1S/C29H30N4O4/c1-17-6-8-22-24(11-17)33(23(13-27(34)35)20-7-9-26(37-5)30-14-20)29(36)32(22)16-21-15-31(4)25-12-18(2)10-19(3)28(21)25/h6-12,14-15,23H,13,16H2,1-5H3,(H,34,35)/t23-/m1/s1. The number of aromatic nitrogens is 4. The number of carboxylic acids is 1. The number of benzene rings is 2. The molecule has 0 aliphatic rings. The SMILES string of the molecule is COc1ccc([C@@H](CC(=O)O)n2c(=O)n(Cc3cn(C)c4cc(C)cc(C)c34)c3ccc(C)cc32)cn1. The molecule has 8 heteroatoms. The molecule has 0 aliphatic heterocycles. The van der Waals surface area contributed by atoms with Crippen LogP contribution in [0.5, 0.6) is 5.88 Å². The highest BCUT2D eigenvalue weighted by molar-refractivity contribution is 5.88. The summed E-state index contributed by atoms with van der Waals surface area (Å²) in [5.74, 6) is -0.577. The minimum Gasteiger partial charge on any atom is -0.481 e. The highest BCUT2D eigenvalue weighted by atomic mass is 16.5. The molecule has 3 heterocycles. The normalized spacial score (nSPS) is 12.4. The van der Waals surface area contributed by atoms with Crippen LogP contribution < -0.4 is 10.4 Å². The first-order valence-corrected chi connectivity index (χ1v) is 12.2. The van der Waals surface area contributed by atoms with Gasteiger partial charge in [0.05, 0.1) is 37.2 Å². The van der Waals surface area contributed by atoms with Gasteiger partial charge < -0.3 is 14.4 Å². The Morgan fingerprint density at radius 3 is 2.46 bits per heavy atom. The largest absolute Gasteiger partial charge is 0.481 e. The number of fused-ring (bicyclic) bond motifs is 2. The second kappa shape index (κ2) is 9.28. The topological polar surface area (TPSA) is 91.3 Å². The summed E-state index contributed by atoms with van der Waals surface area (Å²) in [5.41, 5.74) is 7.31. The zero-order valence-corrected chi connectivity index (χ0v) is 21.6. The molecule has 0 bridgehead atoms. The van der Waals surface area contributed by atoms with E-state index in [0.29, 0.717) is 23.5 Å². The molecule has 0 spiro atoms. The number of imidazole rings is 1. The fourth-order valence-corrected chi connectivity index (χ4v) is 5.38. The third-order valence-corrected chi connectivity index (χ3v) is 6.99. The van der Waals surface area contributed by atoms with Crippen molar-refractivity contribution in [1.82, 2.24) is 18.7 Å². The Morgan fingerprint density at radius 2 is 1.78 bits per heavy atom. The first-order chi connectivity index (χ1) is 17.7. The Bertz CT molecular complexity index is 1710. The molecule has 190 valence electrons. The molecule has 3 aromatic heterocycles. The van der Waals surface area contributed by atoms with E-state index in [2.05, 4.69) is 41.7 Å². The number of carbonyl (C=O) groups is 1. The van der Waals surface area contributed by atoms with Gasteiger partial charge in [0, 0.05) is 36.4 Å². The minimum atomic E-state index is -0.999. The lowest BCUT2D eigenvalue weighted by atomic mass is 10.0. The van der Waals surface area contributed by atoms with E-state index in [1.54, 1.807) is 27.5 Å². The van der Waals surface area contributed by atoms with Crippen LogP contribution in [0.2, 0.25) is 0 Å². The second-order valence-corrected chi connectivity index (χ2v) is 9.72. The number of aliphatic carboxylic acids is 1. The maximum Gasteiger partial charge on any atom is 0.330 e. The Hall–Kier alpha value is -4.33. The lowest BCUT2D eigenvalue weighted by Crippen LogP contribution is -2.29. The number of pyridine rings is 1. The van der Waals surface area contributed by atoms with Crippen LogP contribution in [0, 0.1) is 20.8 Å². The highest BCUT2D eigenvalue weighted by Crippen LogP contribution is 2.30. The predicted molar refractivity (Wildman–Crippen MR) is 144 cm³/mol. The van der Waals surface area contributed by atoms with E-state index in [1.165, 1.54) is 12.7 Å². The molecule has 0 aliphatic carbocycles. The number of hydrogen-bond acceptors (Lipinski definition) is 4. The number of ether oxygens (including phenoxy) is 1. The van der Waals surface area contributed by atoms with Crippen LogP contribution in [0.25, 0.3) is 21.9 Å². The van der Waals surface area contributed by atoms with Gasteiger partial charge in [-0.2, -0.15) is 0 Å². The summed E-state index contributed by atoms with van der Waals surface area (Å²) in [6, 6.07) is 12.9.